The summed E-state index contributed by atoms with van der Waals surface area (Å²) in [6, 6.07) is 51.0. The van der Waals surface area contributed by atoms with E-state index in [1.54, 1.807) is 0 Å². The highest BCUT2D eigenvalue weighted by molar-refractivity contribution is 5.95. The van der Waals surface area contributed by atoms with Crippen molar-refractivity contribution in [3.8, 4) is 39.3 Å². The van der Waals surface area contributed by atoms with Gasteiger partial charge in [0, 0.05) is 27.7 Å². The standard InChI is InChI=1S/C44H38N2/c1-44(2,3)37-21-23-39(24-22-37)46-41-26-20-34(28-36(41)30-43(46)32-15-9-5-10-16-32)33-19-25-40-35(27-33)29-42(31-13-7-4-8-14-31)45(40)38-17-11-6-12-18-38/h4-23,25-30,39H,24H2,1-3H3. The van der Waals surface area contributed by atoms with Crippen molar-refractivity contribution in [2.45, 2.75) is 33.2 Å². The van der Waals surface area contributed by atoms with Crippen LogP contribution in [-0.2, 0) is 0 Å². The summed E-state index contributed by atoms with van der Waals surface area (Å²) < 4.78 is 4.91. The molecule has 0 spiro atoms. The Bertz CT molecular complexity index is 2240. The van der Waals surface area contributed by atoms with Crippen LogP contribution in [0, 0.1) is 5.41 Å². The first-order valence-corrected chi connectivity index (χ1v) is 16.3. The van der Waals surface area contributed by atoms with E-state index in [-0.39, 0.29) is 11.5 Å². The Hall–Kier alpha value is -5.34. The molecule has 7 aromatic rings. The predicted octanol–water partition coefficient (Wildman–Crippen LogP) is 12.1. The second kappa shape index (κ2) is 11.2. The molecule has 1 unspecified atom stereocenters. The summed E-state index contributed by atoms with van der Waals surface area (Å²) >= 11 is 0. The number of fused-ring (bicyclic) bond motifs is 2. The largest absolute Gasteiger partial charge is 0.333 e. The SMILES string of the molecule is CC(C)(C)C1=CCC(n2c(-c3ccccc3)cc3cc(-c4ccc5c(c4)cc(-c4ccccc4)n5-c4ccccc4)ccc32)C=C1. The lowest BCUT2D eigenvalue weighted by molar-refractivity contribution is 0.503. The molecular weight excluding hydrogens is 556 g/mol. The minimum Gasteiger partial charge on any atom is -0.333 e. The van der Waals surface area contributed by atoms with Crippen molar-refractivity contribution in [3.05, 3.63) is 163 Å². The second-order valence-corrected chi connectivity index (χ2v) is 13.5. The third-order valence-corrected chi connectivity index (χ3v) is 9.40. The van der Waals surface area contributed by atoms with E-state index in [9.17, 15) is 0 Å². The van der Waals surface area contributed by atoms with Crippen LogP contribution in [0.3, 0.4) is 0 Å². The van der Waals surface area contributed by atoms with E-state index in [2.05, 4.69) is 188 Å². The predicted molar refractivity (Wildman–Crippen MR) is 195 cm³/mol. The lowest BCUT2D eigenvalue weighted by atomic mass is 9.83. The van der Waals surface area contributed by atoms with Crippen molar-refractivity contribution in [2.75, 3.05) is 0 Å². The molecule has 2 heterocycles. The summed E-state index contributed by atoms with van der Waals surface area (Å²) in [6.45, 7) is 6.88. The van der Waals surface area contributed by atoms with E-state index < -0.39 is 0 Å². The van der Waals surface area contributed by atoms with Crippen molar-refractivity contribution >= 4 is 21.8 Å². The highest BCUT2D eigenvalue weighted by Crippen LogP contribution is 2.40. The third-order valence-electron chi connectivity index (χ3n) is 9.40. The Labute approximate surface area is 271 Å². The molecule has 0 bridgehead atoms. The van der Waals surface area contributed by atoms with E-state index in [1.165, 1.54) is 66.7 Å². The topological polar surface area (TPSA) is 9.86 Å². The molecule has 0 radical (unpaired) electrons. The Morgan fingerprint density at radius 1 is 0.543 bits per heavy atom. The second-order valence-electron chi connectivity index (χ2n) is 13.5. The molecule has 8 rings (SSSR count). The van der Waals surface area contributed by atoms with Crippen molar-refractivity contribution in [1.29, 1.82) is 0 Å². The van der Waals surface area contributed by atoms with E-state index in [4.69, 9.17) is 0 Å². The molecule has 224 valence electrons. The van der Waals surface area contributed by atoms with Crippen LogP contribution < -0.4 is 0 Å². The van der Waals surface area contributed by atoms with Gasteiger partial charge in [-0.15, -0.1) is 0 Å². The average Bonchev–Trinajstić information content (AvgIpc) is 3.67. The van der Waals surface area contributed by atoms with Crippen molar-refractivity contribution in [2.24, 2.45) is 5.41 Å². The van der Waals surface area contributed by atoms with E-state index in [0.29, 0.717) is 0 Å². The molecule has 0 fully saturated rings. The molecule has 2 heteroatoms. The van der Waals surface area contributed by atoms with Crippen LogP contribution in [0.4, 0.5) is 0 Å². The number of rotatable bonds is 5. The molecule has 1 aliphatic rings. The first-order valence-electron chi connectivity index (χ1n) is 16.3. The van der Waals surface area contributed by atoms with E-state index in [0.717, 1.165) is 6.42 Å². The third kappa shape index (κ3) is 5.01. The van der Waals surface area contributed by atoms with Gasteiger partial charge in [-0.1, -0.05) is 130 Å². The van der Waals surface area contributed by atoms with Crippen LogP contribution in [0.25, 0.3) is 61.1 Å². The van der Waals surface area contributed by atoms with E-state index >= 15 is 0 Å². The highest BCUT2D eigenvalue weighted by Gasteiger charge is 2.23. The van der Waals surface area contributed by atoms with Gasteiger partial charge in [0.15, 0.2) is 0 Å². The Morgan fingerprint density at radius 2 is 1.09 bits per heavy atom. The maximum absolute atomic E-state index is 2.54. The maximum Gasteiger partial charge on any atom is 0.0560 e. The Morgan fingerprint density at radius 3 is 1.67 bits per heavy atom. The number of aromatic nitrogens is 2. The van der Waals surface area contributed by atoms with Crippen LogP contribution in [0.15, 0.2) is 163 Å². The molecule has 0 amide bonds. The number of benzene rings is 5. The van der Waals surface area contributed by atoms with Crippen molar-refractivity contribution < 1.29 is 0 Å². The average molecular weight is 595 g/mol. The monoisotopic (exact) mass is 594 g/mol. The number of nitrogens with zero attached hydrogens (tertiary/aromatic N) is 2. The fourth-order valence-corrected chi connectivity index (χ4v) is 7.03. The number of hydrogen-bond acceptors (Lipinski definition) is 0. The zero-order chi connectivity index (χ0) is 31.3. The van der Waals surface area contributed by atoms with Crippen LogP contribution in [0.5, 0.6) is 0 Å². The van der Waals surface area contributed by atoms with Crippen molar-refractivity contribution in [1.82, 2.24) is 9.13 Å². The smallest absolute Gasteiger partial charge is 0.0560 e. The fraction of sp³-hybridized carbons (Fsp3) is 0.136. The van der Waals surface area contributed by atoms with Crippen LogP contribution >= 0.6 is 0 Å². The number of hydrogen-bond donors (Lipinski definition) is 0. The zero-order valence-corrected chi connectivity index (χ0v) is 26.7. The Kier molecular flexibility index (Phi) is 6.87. The van der Waals surface area contributed by atoms with Gasteiger partial charge in [-0.05, 0) is 88.2 Å². The van der Waals surface area contributed by atoms with E-state index in [1.807, 2.05) is 0 Å². The normalized spacial score (nSPS) is 15.0. The molecular formula is C44H38N2. The molecule has 2 aromatic heterocycles. The molecule has 1 atom stereocenters. The maximum atomic E-state index is 2.54. The first kappa shape index (κ1) is 28.2. The first-order chi connectivity index (χ1) is 22.4. The minimum absolute atomic E-state index is 0.155. The molecule has 1 aliphatic carbocycles. The van der Waals surface area contributed by atoms with Crippen LogP contribution in [-0.4, -0.2) is 9.13 Å². The number of allylic oxidation sites excluding steroid dienone is 4. The lowest BCUT2D eigenvalue weighted by Gasteiger charge is -2.27. The van der Waals surface area contributed by atoms with Gasteiger partial charge in [-0.25, -0.2) is 0 Å². The number of para-hydroxylation sites is 1. The van der Waals surface area contributed by atoms with Crippen molar-refractivity contribution in [3.63, 3.8) is 0 Å². The highest BCUT2D eigenvalue weighted by atomic mass is 15.0. The summed E-state index contributed by atoms with van der Waals surface area (Å²) in [7, 11) is 0. The fourth-order valence-electron chi connectivity index (χ4n) is 7.03. The van der Waals surface area contributed by atoms with Gasteiger partial charge in [0.1, 0.15) is 0 Å². The van der Waals surface area contributed by atoms with Gasteiger partial charge < -0.3 is 9.13 Å². The molecule has 2 nitrogen and oxygen atoms in total. The summed E-state index contributed by atoms with van der Waals surface area (Å²) in [4.78, 5) is 0. The lowest BCUT2D eigenvalue weighted by Crippen LogP contribution is -2.14. The van der Waals surface area contributed by atoms with Gasteiger partial charge in [0.05, 0.1) is 17.3 Å². The van der Waals surface area contributed by atoms with Crippen LogP contribution in [0.2, 0.25) is 0 Å². The molecule has 46 heavy (non-hydrogen) atoms. The molecule has 5 aromatic carbocycles. The minimum atomic E-state index is 0.155. The van der Waals surface area contributed by atoms with Gasteiger partial charge in [-0.2, -0.15) is 0 Å². The summed E-state index contributed by atoms with van der Waals surface area (Å²) in [5.41, 5.74) is 12.6. The zero-order valence-electron chi connectivity index (χ0n) is 26.7. The van der Waals surface area contributed by atoms with Gasteiger partial charge in [0.2, 0.25) is 0 Å². The summed E-state index contributed by atoms with van der Waals surface area (Å²) in [6.07, 6.45) is 8.16. The van der Waals surface area contributed by atoms with Gasteiger partial charge in [-0.3, -0.25) is 0 Å². The van der Waals surface area contributed by atoms with Gasteiger partial charge in [0.25, 0.3) is 0 Å². The Balaban J connectivity index is 1.24. The molecule has 0 N–H and O–H groups in total. The van der Waals surface area contributed by atoms with Gasteiger partial charge >= 0.3 is 0 Å². The molecule has 0 saturated carbocycles. The summed E-state index contributed by atoms with van der Waals surface area (Å²) in [5.74, 6) is 0. The molecule has 0 aliphatic heterocycles. The quantitative estimate of drug-likeness (QED) is 0.188. The summed E-state index contributed by atoms with van der Waals surface area (Å²) in [5, 5.41) is 2.50. The van der Waals surface area contributed by atoms with Crippen LogP contribution in [0.1, 0.15) is 33.2 Å². The molecule has 0 saturated heterocycles.